The second kappa shape index (κ2) is 6.49. The highest BCUT2D eigenvalue weighted by molar-refractivity contribution is 5.85. The van der Waals surface area contributed by atoms with Gasteiger partial charge in [0, 0.05) is 13.0 Å². The molecule has 110 valence electrons. The predicted molar refractivity (Wildman–Crippen MR) is 68.6 cm³/mol. The Balaban J connectivity index is 1.85. The number of rotatable bonds is 6. The first-order valence-corrected chi connectivity index (χ1v) is 6.87. The van der Waals surface area contributed by atoms with Gasteiger partial charge >= 0.3 is 5.97 Å². The van der Waals surface area contributed by atoms with Gasteiger partial charge in [-0.3, -0.25) is 9.59 Å². The summed E-state index contributed by atoms with van der Waals surface area (Å²) in [6.45, 7) is 2.41. The zero-order valence-electron chi connectivity index (χ0n) is 11.4. The number of carboxylic acid groups (broad SMARTS) is 1. The topological polar surface area (TPSA) is 105 Å². The molecule has 2 N–H and O–H groups in total. The molecular weight excluding hydrogens is 262 g/mol. The number of carbonyl (C=O) groups excluding carboxylic acids is 1. The number of nitrogens with zero attached hydrogens (tertiary/aromatic N) is 2. The number of carbonyl (C=O) groups is 2. The van der Waals surface area contributed by atoms with E-state index < -0.39 is 17.8 Å². The van der Waals surface area contributed by atoms with Crippen molar-refractivity contribution in [2.24, 2.45) is 17.8 Å². The molecule has 0 spiro atoms. The molecule has 1 aromatic heterocycles. The monoisotopic (exact) mass is 281 g/mol. The van der Waals surface area contributed by atoms with Crippen molar-refractivity contribution in [1.29, 1.82) is 0 Å². The molecule has 7 heteroatoms. The van der Waals surface area contributed by atoms with E-state index in [-0.39, 0.29) is 5.91 Å². The van der Waals surface area contributed by atoms with E-state index in [9.17, 15) is 14.7 Å². The zero-order chi connectivity index (χ0) is 14.5. The van der Waals surface area contributed by atoms with Gasteiger partial charge in [0.1, 0.15) is 0 Å². The molecule has 0 bridgehead atoms. The standard InChI is InChI=1S/C13H19N3O4/c1-2-8-5-9(10(6-8)13(18)19)12(17)14-4-3-11-15-7-20-16-11/h7-10H,2-6H2,1H3,(H,14,17)(H,18,19). The summed E-state index contributed by atoms with van der Waals surface area (Å²) in [5.74, 6) is -1.20. The van der Waals surface area contributed by atoms with E-state index in [0.29, 0.717) is 37.5 Å². The molecule has 1 aromatic rings. The van der Waals surface area contributed by atoms with E-state index in [0.717, 1.165) is 6.42 Å². The Morgan fingerprint density at radius 2 is 2.20 bits per heavy atom. The maximum absolute atomic E-state index is 12.1. The van der Waals surface area contributed by atoms with Gasteiger partial charge in [0.15, 0.2) is 5.82 Å². The minimum absolute atomic E-state index is 0.183. The van der Waals surface area contributed by atoms with Gasteiger partial charge in [-0.1, -0.05) is 18.5 Å². The normalized spacial score (nSPS) is 25.6. The van der Waals surface area contributed by atoms with Crippen LogP contribution in [0.25, 0.3) is 0 Å². The van der Waals surface area contributed by atoms with Gasteiger partial charge in [-0.05, 0) is 18.8 Å². The van der Waals surface area contributed by atoms with Gasteiger partial charge in [-0.25, -0.2) is 0 Å². The lowest BCUT2D eigenvalue weighted by Crippen LogP contribution is -2.36. The summed E-state index contributed by atoms with van der Waals surface area (Å²) in [5, 5.41) is 15.6. The Labute approximate surface area is 116 Å². The van der Waals surface area contributed by atoms with E-state index >= 15 is 0 Å². The SMILES string of the molecule is CCC1CC(C(=O)O)C(C(=O)NCCc2ncon2)C1. The van der Waals surface area contributed by atoms with Crippen molar-refractivity contribution < 1.29 is 19.2 Å². The Morgan fingerprint density at radius 3 is 2.80 bits per heavy atom. The van der Waals surface area contributed by atoms with Crippen LogP contribution in [0, 0.1) is 17.8 Å². The first-order valence-electron chi connectivity index (χ1n) is 6.87. The van der Waals surface area contributed by atoms with Crippen LogP contribution in [0.15, 0.2) is 10.9 Å². The highest BCUT2D eigenvalue weighted by Gasteiger charge is 2.41. The number of aliphatic carboxylic acids is 1. The number of hydrogen-bond donors (Lipinski definition) is 2. The van der Waals surface area contributed by atoms with Crippen LogP contribution < -0.4 is 5.32 Å². The summed E-state index contributed by atoms with van der Waals surface area (Å²) >= 11 is 0. The molecular formula is C13H19N3O4. The Hall–Kier alpha value is -1.92. The first-order chi connectivity index (χ1) is 9.61. The third-order valence-corrected chi connectivity index (χ3v) is 3.95. The van der Waals surface area contributed by atoms with E-state index in [1.54, 1.807) is 0 Å². The smallest absolute Gasteiger partial charge is 0.307 e. The van der Waals surface area contributed by atoms with Crippen molar-refractivity contribution in [1.82, 2.24) is 15.5 Å². The fourth-order valence-electron chi connectivity index (χ4n) is 2.77. The van der Waals surface area contributed by atoms with Crippen LogP contribution in [0.3, 0.4) is 0 Å². The lowest BCUT2D eigenvalue weighted by Gasteiger charge is -2.15. The van der Waals surface area contributed by atoms with Gasteiger partial charge in [-0.2, -0.15) is 4.98 Å². The second-order valence-corrected chi connectivity index (χ2v) is 5.19. The highest BCUT2D eigenvalue weighted by Crippen LogP contribution is 2.38. The Morgan fingerprint density at radius 1 is 1.45 bits per heavy atom. The third-order valence-electron chi connectivity index (χ3n) is 3.95. The predicted octanol–water partition coefficient (Wildman–Crippen LogP) is 0.865. The van der Waals surface area contributed by atoms with Crippen molar-refractivity contribution >= 4 is 11.9 Å². The number of carboxylic acids is 1. The van der Waals surface area contributed by atoms with Crippen LogP contribution in [0.5, 0.6) is 0 Å². The molecule has 1 aliphatic carbocycles. The lowest BCUT2D eigenvalue weighted by molar-refractivity contribution is -0.146. The number of amides is 1. The minimum Gasteiger partial charge on any atom is -0.481 e. The summed E-state index contributed by atoms with van der Waals surface area (Å²) in [5.41, 5.74) is 0. The molecule has 7 nitrogen and oxygen atoms in total. The largest absolute Gasteiger partial charge is 0.481 e. The molecule has 0 aliphatic heterocycles. The average molecular weight is 281 g/mol. The van der Waals surface area contributed by atoms with Gasteiger partial charge in [-0.15, -0.1) is 0 Å². The van der Waals surface area contributed by atoms with E-state index in [2.05, 4.69) is 20.0 Å². The van der Waals surface area contributed by atoms with Crippen LogP contribution in [-0.4, -0.2) is 33.7 Å². The first kappa shape index (κ1) is 14.5. The molecule has 1 aliphatic rings. The highest BCUT2D eigenvalue weighted by atomic mass is 16.5. The third kappa shape index (κ3) is 3.34. The summed E-state index contributed by atoms with van der Waals surface area (Å²) in [6, 6.07) is 0. The lowest BCUT2D eigenvalue weighted by atomic mass is 9.95. The number of nitrogens with one attached hydrogen (secondary N) is 1. The fourth-order valence-corrected chi connectivity index (χ4v) is 2.77. The van der Waals surface area contributed by atoms with E-state index in [4.69, 9.17) is 0 Å². The minimum atomic E-state index is -0.876. The van der Waals surface area contributed by atoms with Gasteiger partial charge in [0.05, 0.1) is 11.8 Å². The van der Waals surface area contributed by atoms with Crippen molar-refractivity contribution in [3.05, 3.63) is 12.2 Å². The van der Waals surface area contributed by atoms with E-state index in [1.165, 1.54) is 6.39 Å². The van der Waals surface area contributed by atoms with Crippen LogP contribution in [-0.2, 0) is 16.0 Å². The molecule has 1 fully saturated rings. The van der Waals surface area contributed by atoms with Crippen molar-refractivity contribution in [2.75, 3.05) is 6.54 Å². The average Bonchev–Trinajstić information content (AvgIpc) is 3.07. The summed E-state index contributed by atoms with van der Waals surface area (Å²) < 4.78 is 4.60. The molecule has 0 saturated heterocycles. The molecule has 3 unspecified atom stereocenters. The maximum Gasteiger partial charge on any atom is 0.307 e. The second-order valence-electron chi connectivity index (χ2n) is 5.19. The van der Waals surface area contributed by atoms with Crippen LogP contribution in [0.4, 0.5) is 0 Å². The van der Waals surface area contributed by atoms with Gasteiger partial charge in [0.25, 0.3) is 0 Å². The molecule has 1 saturated carbocycles. The summed E-state index contributed by atoms with van der Waals surface area (Å²) in [7, 11) is 0. The molecule has 2 rings (SSSR count). The fraction of sp³-hybridized carbons (Fsp3) is 0.692. The molecule has 0 aromatic carbocycles. The van der Waals surface area contributed by atoms with Crippen molar-refractivity contribution in [2.45, 2.75) is 32.6 Å². The molecule has 0 radical (unpaired) electrons. The van der Waals surface area contributed by atoms with Crippen LogP contribution in [0.2, 0.25) is 0 Å². The van der Waals surface area contributed by atoms with Gasteiger partial charge < -0.3 is 14.9 Å². The van der Waals surface area contributed by atoms with Crippen LogP contribution in [0.1, 0.15) is 32.0 Å². The molecule has 3 atom stereocenters. The summed E-state index contributed by atoms with van der Waals surface area (Å²) in [4.78, 5) is 27.2. The quantitative estimate of drug-likeness (QED) is 0.801. The van der Waals surface area contributed by atoms with Crippen molar-refractivity contribution in [3.8, 4) is 0 Å². The molecule has 1 amide bonds. The summed E-state index contributed by atoms with van der Waals surface area (Å²) in [6.07, 6.45) is 3.87. The van der Waals surface area contributed by atoms with Crippen molar-refractivity contribution in [3.63, 3.8) is 0 Å². The Kier molecular flexibility index (Phi) is 4.70. The van der Waals surface area contributed by atoms with Crippen LogP contribution >= 0.6 is 0 Å². The van der Waals surface area contributed by atoms with Gasteiger partial charge in [0.2, 0.25) is 12.3 Å². The zero-order valence-corrected chi connectivity index (χ0v) is 11.4. The number of hydrogen-bond acceptors (Lipinski definition) is 5. The van der Waals surface area contributed by atoms with E-state index in [1.807, 2.05) is 6.92 Å². The number of aromatic nitrogens is 2. The maximum atomic E-state index is 12.1. The molecule has 1 heterocycles. The molecule has 20 heavy (non-hydrogen) atoms. The Bertz CT molecular complexity index is 460.